The Balaban J connectivity index is 2.53. The molecule has 122 valence electrons. The number of rotatable bonds is 6. The number of allylic oxidation sites excluding steroid dienone is 3. The monoisotopic (exact) mass is 385 g/mol. The molecule has 0 spiro atoms. The quantitative estimate of drug-likeness (QED) is 0.631. The van der Waals surface area contributed by atoms with E-state index in [1.807, 2.05) is 0 Å². The number of benzene rings is 1. The summed E-state index contributed by atoms with van der Waals surface area (Å²) >= 11 is 3.26. The summed E-state index contributed by atoms with van der Waals surface area (Å²) in [6, 6.07) is 4.34. The Labute approximate surface area is 141 Å². The first-order chi connectivity index (χ1) is 11.0. The molecule has 0 saturated heterocycles. The van der Waals surface area contributed by atoms with Crippen molar-refractivity contribution in [1.82, 2.24) is 4.90 Å². The Bertz CT molecular complexity index is 682. The average molecular weight is 386 g/mol. The topological polar surface area (TPSA) is 12.5 Å². The molecule has 0 N–H and O–H groups in total. The highest BCUT2D eigenvalue weighted by Gasteiger charge is 2.27. The number of ether oxygens (including phenoxy) is 1. The normalized spacial score (nSPS) is 14.7. The van der Waals surface area contributed by atoms with Gasteiger partial charge in [0, 0.05) is 10.2 Å². The fourth-order valence-corrected chi connectivity index (χ4v) is 2.55. The molecule has 1 aromatic carbocycles. The van der Waals surface area contributed by atoms with Crippen LogP contribution < -0.4 is 4.74 Å². The first-order valence-electron chi connectivity index (χ1n) is 6.80. The predicted molar refractivity (Wildman–Crippen MR) is 88.9 cm³/mol. The van der Waals surface area contributed by atoms with E-state index in [-0.39, 0.29) is 23.6 Å². The molecule has 0 fully saturated rings. The van der Waals surface area contributed by atoms with Crippen LogP contribution in [0.4, 0.5) is 13.2 Å². The smallest absolute Gasteiger partial charge is 0.256 e. The largest absolute Gasteiger partial charge is 0.489 e. The van der Waals surface area contributed by atoms with Gasteiger partial charge in [0.1, 0.15) is 18.2 Å². The van der Waals surface area contributed by atoms with Gasteiger partial charge in [-0.15, -0.1) is 0 Å². The first-order valence-corrected chi connectivity index (χ1v) is 7.60. The van der Waals surface area contributed by atoms with Gasteiger partial charge < -0.3 is 9.64 Å². The van der Waals surface area contributed by atoms with E-state index in [2.05, 4.69) is 29.1 Å². The molecular formula is C17H15BrF3NO. The van der Waals surface area contributed by atoms with Crippen LogP contribution >= 0.6 is 15.9 Å². The summed E-state index contributed by atoms with van der Waals surface area (Å²) in [4.78, 5) is 1.27. The van der Waals surface area contributed by atoms with Gasteiger partial charge in [-0.05, 0) is 40.2 Å². The minimum absolute atomic E-state index is 0.118. The van der Waals surface area contributed by atoms with E-state index in [4.69, 9.17) is 4.74 Å². The van der Waals surface area contributed by atoms with Crippen molar-refractivity contribution in [2.75, 3.05) is 13.2 Å². The summed E-state index contributed by atoms with van der Waals surface area (Å²) in [5, 5.41) is 0. The number of hydrogen-bond donors (Lipinski definition) is 0. The zero-order valence-electron chi connectivity index (χ0n) is 12.2. The minimum Gasteiger partial charge on any atom is -0.489 e. The lowest BCUT2D eigenvalue weighted by atomic mass is 10.0. The molecule has 0 amide bonds. The lowest BCUT2D eigenvalue weighted by Gasteiger charge is -2.32. The first kappa shape index (κ1) is 17.4. The van der Waals surface area contributed by atoms with Crippen LogP contribution in [0.5, 0.6) is 5.75 Å². The van der Waals surface area contributed by atoms with Gasteiger partial charge in [0.25, 0.3) is 6.43 Å². The van der Waals surface area contributed by atoms with Crippen molar-refractivity contribution >= 4 is 21.6 Å². The Hall–Kier alpha value is -1.95. The maximum Gasteiger partial charge on any atom is 0.256 e. The summed E-state index contributed by atoms with van der Waals surface area (Å²) < 4.78 is 46.3. The van der Waals surface area contributed by atoms with Gasteiger partial charge >= 0.3 is 0 Å². The van der Waals surface area contributed by atoms with Crippen LogP contribution in [-0.4, -0.2) is 24.5 Å². The Morgan fingerprint density at radius 3 is 2.70 bits per heavy atom. The van der Waals surface area contributed by atoms with Crippen LogP contribution in [0, 0.1) is 5.82 Å². The molecule has 0 bridgehead atoms. The van der Waals surface area contributed by atoms with E-state index in [0.29, 0.717) is 10.2 Å². The molecule has 0 unspecified atom stereocenters. The lowest BCUT2D eigenvalue weighted by Crippen LogP contribution is -2.29. The second-order valence-electron chi connectivity index (χ2n) is 4.73. The lowest BCUT2D eigenvalue weighted by molar-refractivity contribution is 0.123. The van der Waals surface area contributed by atoms with Crippen molar-refractivity contribution in [2.24, 2.45) is 0 Å². The van der Waals surface area contributed by atoms with Gasteiger partial charge in [-0.3, -0.25) is 0 Å². The molecule has 0 aliphatic carbocycles. The average Bonchev–Trinajstić information content (AvgIpc) is 2.50. The number of hydrogen-bond acceptors (Lipinski definition) is 2. The van der Waals surface area contributed by atoms with Crippen LogP contribution in [-0.2, 0) is 0 Å². The maximum atomic E-state index is 14.4. The van der Waals surface area contributed by atoms with Crippen molar-refractivity contribution in [3.8, 4) is 5.75 Å². The predicted octanol–water partition coefficient (Wildman–Crippen LogP) is 5.10. The van der Waals surface area contributed by atoms with Gasteiger partial charge in [0.15, 0.2) is 0 Å². The summed E-state index contributed by atoms with van der Waals surface area (Å²) in [6.07, 6.45) is 2.12. The fourth-order valence-electron chi connectivity index (χ4n) is 2.20. The molecule has 6 heteroatoms. The van der Waals surface area contributed by atoms with E-state index < -0.39 is 18.8 Å². The molecule has 0 radical (unpaired) electrons. The summed E-state index contributed by atoms with van der Waals surface area (Å²) in [5.41, 5.74) is 0.726. The maximum absolute atomic E-state index is 14.4. The molecule has 0 atom stereocenters. The van der Waals surface area contributed by atoms with E-state index in [1.165, 1.54) is 23.1 Å². The molecule has 23 heavy (non-hydrogen) atoms. The third-order valence-corrected chi connectivity index (χ3v) is 3.91. The highest BCUT2D eigenvalue weighted by molar-refractivity contribution is 9.12. The molecular weight excluding hydrogens is 371 g/mol. The van der Waals surface area contributed by atoms with Gasteiger partial charge in [0.05, 0.1) is 17.8 Å². The van der Waals surface area contributed by atoms with Crippen LogP contribution in [0.15, 0.2) is 59.8 Å². The van der Waals surface area contributed by atoms with Crippen LogP contribution in [0.1, 0.15) is 5.56 Å². The van der Waals surface area contributed by atoms with Gasteiger partial charge in [-0.1, -0.05) is 25.3 Å². The van der Waals surface area contributed by atoms with Crippen molar-refractivity contribution < 1.29 is 17.9 Å². The van der Waals surface area contributed by atoms with Crippen molar-refractivity contribution in [3.05, 3.63) is 71.1 Å². The molecule has 0 saturated carbocycles. The van der Waals surface area contributed by atoms with Gasteiger partial charge in [-0.25, -0.2) is 13.2 Å². The van der Waals surface area contributed by atoms with Gasteiger partial charge in [0.2, 0.25) is 0 Å². The second-order valence-corrected chi connectivity index (χ2v) is 5.58. The molecule has 2 nitrogen and oxygen atoms in total. The van der Waals surface area contributed by atoms with E-state index in [9.17, 15) is 13.2 Å². The highest BCUT2D eigenvalue weighted by Crippen LogP contribution is 2.38. The highest BCUT2D eigenvalue weighted by atomic mass is 79.9. The Kier molecular flexibility index (Phi) is 5.71. The number of alkyl halides is 2. The number of nitrogens with zero attached hydrogens (tertiary/aromatic N) is 1. The van der Waals surface area contributed by atoms with Crippen molar-refractivity contribution in [3.63, 3.8) is 0 Å². The van der Waals surface area contributed by atoms with Crippen LogP contribution in [0.2, 0.25) is 0 Å². The summed E-state index contributed by atoms with van der Waals surface area (Å²) in [5.74, 6) is -0.300. The van der Waals surface area contributed by atoms with Crippen molar-refractivity contribution in [2.45, 2.75) is 6.43 Å². The summed E-state index contributed by atoms with van der Waals surface area (Å²) in [7, 11) is 0. The molecule has 1 aromatic rings. The molecule has 0 aromatic heterocycles. The summed E-state index contributed by atoms with van der Waals surface area (Å²) in [6.45, 7) is 6.91. The molecule has 1 heterocycles. The van der Waals surface area contributed by atoms with Crippen molar-refractivity contribution in [1.29, 1.82) is 0 Å². The standard InChI is InChI=1S/C17H15BrF3NO/c1-3-9-23-15-6-4-5-13(19)17(15)14-8-7-12(18)11(2)22(14)10-16(20)21/h3-8,16H,1-2,9-10H2. The third-order valence-electron chi connectivity index (χ3n) is 3.19. The Morgan fingerprint density at radius 1 is 1.30 bits per heavy atom. The SMILES string of the molecule is C=CCOc1cccc(F)c1C1=CC=C(Br)C(=C)N1CC(F)F. The molecule has 1 aliphatic rings. The van der Waals surface area contributed by atoms with Gasteiger partial charge in [-0.2, -0.15) is 0 Å². The zero-order valence-corrected chi connectivity index (χ0v) is 13.8. The fraction of sp³-hybridized carbons (Fsp3) is 0.176. The number of halogens is 4. The van der Waals surface area contributed by atoms with E-state index >= 15 is 0 Å². The Morgan fingerprint density at radius 2 is 2.04 bits per heavy atom. The molecule has 1 aliphatic heterocycles. The van der Waals surface area contributed by atoms with E-state index in [0.717, 1.165) is 0 Å². The van der Waals surface area contributed by atoms with E-state index in [1.54, 1.807) is 18.2 Å². The third kappa shape index (κ3) is 3.88. The van der Waals surface area contributed by atoms with Crippen LogP contribution in [0.3, 0.4) is 0 Å². The second kappa shape index (κ2) is 7.55. The minimum atomic E-state index is -2.60. The zero-order chi connectivity index (χ0) is 17.0. The van der Waals surface area contributed by atoms with Crippen LogP contribution in [0.25, 0.3) is 5.70 Å². The molecule has 2 rings (SSSR count).